The summed E-state index contributed by atoms with van der Waals surface area (Å²) in [5.41, 5.74) is 0.860. The van der Waals surface area contributed by atoms with Gasteiger partial charge in [0.1, 0.15) is 0 Å². The lowest BCUT2D eigenvalue weighted by Crippen LogP contribution is -2.27. The molecular formula is C14H18BrNO2. The average molecular weight is 312 g/mol. The fraction of sp³-hybridized carbons (Fsp3) is 0.500. The molecule has 1 aromatic carbocycles. The van der Waals surface area contributed by atoms with Crippen molar-refractivity contribution in [3.63, 3.8) is 0 Å². The van der Waals surface area contributed by atoms with Crippen molar-refractivity contribution < 1.29 is 9.90 Å². The second-order valence-corrected chi connectivity index (χ2v) is 5.61. The molecule has 1 aliphatic rings. The van der Waals surface area contributed by atoms with Crippen molar-refractivity contribution in [1.82, 2.24) is 4.90 Å². The van der Waals surface area contributed by atoms with E-state index < -0.39 is 6.10 Å². The van der Waals surface area contributed by atoms with E-state index in [4.69, 9.17) is 0 Å². The van der Waals surface area contributed by atoms with Gasteiger partial charge in [-0.3, -0.25) is 4.79 Å². The number of rotatable bonds is 4. The Balaban J connectivity index is 1.84. The Morgan fingerprint density at radius 3 is 2.78 bits per heavy atom. The highest BCUT2D eigenvalue weighted by atomic mass is 79.9. The molecule has 1 heterocycles. The van der Waals surface area contributed by atoms with Gasteiger partial charge in [0.25, 0.3) is 0 Å². The lowest BCUT2D eigenvalue weighted by atomic mass is 10.0. The zero-order valence-electron chi connectivity index (χ0n) is 10.3. The van der Waals surface area contributed by atoms with Gasteiger partial charge in [0, 0.05) is 24.0 Å². The van der Waals surface area contributed by atoms with Gasteiger partial charge < -0.3 is 10.0 Å². The van der Waals surface area contributed by atoms with Crippen molar-refractivity contribution in [2.24, 2.45) is 0 Å². The van der Waals surface area contributed by atoms with Gasteiger partial charge in [-0.1, -0.05) is 28.1 Å². The predicted octanol–water partition coefficient (Wildman–Crippen LogP) is 2.89. The Hall–Kier alpha value is -0.870. The Kier molecular flexibility index (Phi) is 4.78. The molecule has 0 aliphatic carbocycles. The smallest absolute Gasteiger partial charge is 0.222 e. The molecule has 1 unspecified atom stereocenters. The number of likely N-dealkylation sites (tertiary alicyclic amines) is 1. The molecule has 18 heavy (non-hydrogen) atoms. The first kappa shape index (κ1) is 13.6. The molecule has 1 saturated heterocycles. The molecule has 0 spiro atoms. The Labute approximate surface area is 116 Å². The zero-order valence-corrected chi connectivity index (χ0v) is 11.9. The van der Waals surface area contributed by atoms with Crippen molar-refractivity contribution in [2.75, 3.05) is 13.1 Å². The SMILES string of the molecule is O=C(CCC(O)c1cccc(Br)c1)N1CCCC1. The van der Waals surface area contributed by atoms with Gasteiger partial charge in [-0.25, -0.2) is 0 Å². The number of amides is 1. The summed E-state index contributed by atoms with van der Waals surface area (Å²) in [5, 5.41) is 10.0. The second kappa shape index (κ2) is 6.34. The van der Waals surface area contributed by atoms with Crippen molar-refractivity contribution in [2.45, 2.75) is 31.8 Å². The molecule has 1 aliphatic heterocycles. The van der Waals surface area contributed by atoms with Gasteiger partial charge in [0.15, 0.2) is 0 Å². The first-order chi connectivity index (χ1) is 8.66. The largest absolute Gasteiger partial charge is 0.388 e. The van der Waals surface area contributed by atoms with Gasteiger partial charge in [0.2, 0.25) is 5.91 Å². The number of aliphatic hydroxyl groups excluding tert-OH is 1. The summed E-state index contributed by atoms with van der Waals surface area (Å²) < 4.78 is 0.949. The first-order valence-corrected chi connectivity index (χ1v) is 7.17. The van der Waals surface area contributed by atoms with Crippen molar-refractivity contribution in [1.29, 1.82) is 0 Å². The van der Waals surface area contributed by atoms with Gasteiger partial charge in [0.05, 0.1) is 6.10 Å². The third-order valence-electron chi connectivity index (χ3n) is 3.32. The van der Waals surface area contributed by atoms with Gasteiger partial charge in [-0.15, -0.1) is 0 Å². The molecule has 4 heteroatoms. The van der Waals surface area contributed by atoms with E-state index in [9.17, 15) is 9.90 Å². The highest BCUT2D eigenvalue weighted by Gasteiger charge is 2.19. The van der Waals surface area contributed by atoms with Crippen molar-refractivity contribution >= 4 is 21.8 Å². The van der Waals surface area contributed by atoms with E-state index >= 15 is 0 Å². The summed E-state index contributed by atoms with van der Waals surface area (Å²) in [6.45, 7) is 1.76. The van der Waals surface area contributed by atoms with Crippen LogP contribution in [0.15, 0.2) is 28.7 Å². The van der Waals surface area contributed by atoms with E-state index in [0.29, 0.717) is 12.8 Å². The normalized spacial score (nSPS) is 16.9. The standard InChI is InChI=1S/C14H18BrNO2/c15-12-5-3-4-11(10-12)13(17)6-7-14(18)16-8-1-2-9-16/h3-5,10,13,17H,1-2,6-9H2. The quantitative estimate of drug-likeness (QED) is 0.929. The van der Waals surface area contributed by atoms with Crippen LogP contribution in [-0.2, 0) is 4.79 Å². The highest BCUT2D eigenvalue weighted by molar-refractivity contribution is 9.10. The molecule has 1 amide bonds. The lowest BCUT2D eigenvalue weighted by Gasteiger charge is -2.17. The molecule has 0 saturated carbocycles. The number of hydrogen-bond donors (Lipinski definition) is 1. The van der Waals surface area contributed by atoms with Crippen LogP contribution in [0.2, 0.25) is 0 Å². The number of carbonyl (C=O) groups excluding carboxylic acids is 1. The van der Waals surface area contributed by atoms with Crippen LogP contribution in [0.4, 0.5) is 0 Å². The van der Waals surface area contributed by atoms with Gasteiger partial charge in [-0.2, -0.15) is 0 Å². The van der Waals surface area contributed by atoms with Gasteiger partial charge >= 0.3 is 0 Å². The molecule has 2 rings (SSSR count). The van der Waals surface area contributed by atoms with E-state index in [1.54, 1.807) is 0 Å². The molecule has 0 aromatic heterocycles. The van der Waals surface area contributed by atoms with Crippen LogP contribution < -0.4 is 0 Å². The third-order valence-corrected chi connectivity index (χ3v) is 3.82. The van der Waals surface area contributed by atoms with E-state index in [-0.39, 0.29) is 5.91 Å². The maximum Gasteiger partial charge on any atom is 0.222 e. The highest BCUT2D eigenvalue weighted by Crippen LogP contribution is 2.22. The number of carbonyl (C=O) groups is 1. The van der Waals surface area contributed by atoms with Crippen LogP contribution in [0.3, 0.4) is 0 Å². The Bertz CT molecular complexity index is 416. The molecule has 98 valence electrons. The first-order valence-electron chi connectivity index (χ1n) is 6.38. The van der Waals surface area contributed by atoms with Crippen LogP contribution in [-0.4, -0.2) is 29.0 Å². The van der Waals surface area contributed by atoms with Crippen LogP contribution in [0.25, 0.3) is 0 Å². The van der Waals surface area contributed by atoms with E-state index in [1.807, 2.05) is 29.2 Å². The summed E-state index contributed by atoms with van der Waals surface area (Å²) in [6, 6.07) is 7.59. The maximum atomic E-state index is 11.9. The van der Waals surface area contributed by atoms with Crippen molar-refractivity contribution in [3.8, 4) is 0 Å². The summed E-state index contributed by atoms with van der Waals surface area (Å²) >= 11 is 3.38. The fourth-order valence-corrected chi connectivity index (χ4v) is 2.68. The molecule has 3 nitrogen and oxygen atoms in total. The summed E-state index contributed by atoms with van der Waals surface area (Å²) in [7, 11) is 0. The molecule has 0 radical (unpaired) electrons. The van der Waals surface area contributed by atoms with Crippen LogP contribution >= 0.6 is 15.9 Å². The Morgan fingerprint density at radius 2 is 2.11 bits per heavy atom. The second-order valence-electron chi connectivity index (χ2n) is 4.70. The van der Waals surface area contributed by atoms with Crippen molar-refractivity contribution in [3.05, 3.63) is 34.3 Å². The topological polar surface area (TPSA) is 40.5 Å². The van der Waals surface area contributed by atoms with E-state index in [0.717, 1.165) is 36.0 Å². The van der Waals surface area contributed by atoms with Crippen LogP contribution in [0, 0.1) is 0 Å². The molecule has 1 fully saturated rings. The van der Waals surface area contributed by atoms with Gasteiger partial charge in [-0.05, 0) is 37.0 Å². The monoisotopic (exact) mass is 311 g/mol. The molecule has 1 aromatic rings. The fourth-order valence-electron chi connectivity index (χ4n) is 2.27. The van der Waals surface area contributed by atoms with Crippen LogP contribution in [0.1, 0.15) is 37.4 Å². The summed E-state index contributed by atoms with van der Waals surface area (Å²) in [5.74, 6) is 0.168. The van der Waals surface area contributed by atoms with E-state index in [2.05, 4.69) is 15.9 Å². The lowest BCUT2D eigenvalue weighted by molar-refractivity contribution is -0.130. The number of nitrogens with zero attached hydrogens (tertiary/aromatic N) is 1. The summed E-state index contributed by atoms with van der Waals surface area (Å²) in [4.78, 5) is 13.8. The molecule has 1 atom stereocenters. The maximum absolute atomic E-state index is 11.9. The minimum Gasteiger partial charge on any atom is -0.388 e. The predicted molar refractivity (Wildman–Crippen MR) is 74.1 cm³/mol. The minimum atomic E-state index is -0.561. The molecule has 0 bridgehead atoms. The van der Waals surface area contributed by atoms with E-state index in [1.165, 1.54) is 0 Å². The third kappa shape index (κ3) is 3.56. The Morgan fingerprint density at radius 1 is 1.39 bits per heavy atom. The average Bonchev–Trinajstić information content (AvgIpc) is 2.89. The number of halogens is 1. The molecular weight excluding hydrogens is 294 g/mol. The summed E-state index contributed by atoms with van der Waals surface area (Å²) in [6.07, 6.45) is 2.58. The molecule has 1 N–H and O–H groups in total. The van der Waals surface area contributed by atoms with Crippen LogP contribution in [0.5, 0.6) is 0 Å². The minimum absolute atomic E-state index is 0.168. The zero-order chi connectivity index (χ0) is 13.0. The number of benzene rings is 1. The number of aliphatic hydroxyl groups is 1. The number of hydrogen-bond acceptors (Lipinski definition) is 2.